The summed E-state index contributed by atoms with van der Waals surface area (Å²) < 4.78 is 32.6. The highest BCUT2D eigenvalue weighted by Gasteiger charge is 2.27. The molecule has 1 aliphatic heterocycles. The summed E-state index contributed by atoms with van der Waals surface area (Å²) in [6.45, 7) is 2.61. The summed E-state index contributed by atoms with van der Waals surface area (Å²) in [6, 6.07) is 9.25. The van der Waals surface area contributed by atoms with Gasteiger partial charge in [-0.05, 0) is 31.9 Å². The van der Waals surface area contributed by atoms with Crippen LogP contribution in [0.15, 0.2) is 41.3 Å². The number of anilines is 1. The van der Waals surface area contributed by atoms with Gasteiger partial charge in [-0.3, -0.25) is 9.36 Å². The molecule has 1 aromatic carbocycles. The second kappa shape index (κ2) is 8.87. The van der Waals surface area contributed by atoms with Crippen molar-refractivity contribution in [3.63, 3.8) is 0 Å². The molecule has 0 atom stereocenters. The third-order valence-corrected chi connectivity index (χ3v) is 7.77. The zero-order valence-corrected chi connectivity index (χ0v) is 19.2. The van der Waals surface area contributed by atoms with E-state index < -0.39 is 10.0 Å². The Morgan fingerprint density at radius 2 is 1.91 bits per heavy atom. The molecule has 1 aliphatic rings. The highest BCUT2D eigenvalue weighted by molar-refractivity contribution is 7.89. The van der Waals surface area contributed by atoms with Crippen LogP contribution in [-0.2, 0) is 17.1 Å². The van der Waals surface area contributed by atoms with Gasteiger partial charge in [0.15, 0.2) is 0 Å². The van der Waals surface area contributed by atoms with Gasteiger partial charge in [0.1, 0.15) is 11.4 Å². The van der Waals surface area contributed by atoms with E-state index in [0.29, 0.717) is 54.4 Å². The molecule has 3 heterocycles. The quantitative estimate of drug-likeness (QED) is 0.605. The van der Waals surface area contributed by atoms with E-state index in [1.54, 1.807) is 33.3 Å². The zero-order chi connectivity index (χ0) is 22.9. The minimum atomic E-state index is -3.16. The molecular formula is C22H27N5O4S. The Labute approximate surface area is 187 Å². The summed E-state index contributed by atoms with van der Waals surface area (Å²) in [5, 5.41) is 4.03. The minimum Gasteiger partial charge on any atom is -0.496 e. The lowest BCUT2D eigenvalue weighted by molar-refractivity contribution is 0.329. The fourth-order valence-corrected chi connectivity index (χ4v) is 5.15. The van der Waals surface area contributed by atoms with Gasteiger partial charge >= 0.3 is 0 Å². The van der Waals surface area contributed by atoms with Crippen LogP contribution >= 0.6 is 0 Å². The summed E-state index contributed by atoms with van der Waals surface area (Å²) in [4.78, 5) is 22.1. The molecule has 0 radical (unpaired) electrons. The van der Waals surface area contributed by atoms with Crippen molar-refractivity contribution in [3.05, 3.63) is 46.9 Å². The Bertz CT molecular complexity index is 1300. The lowest BCUT2D eigenvalue weighted by Crippen LogP contribution is -2.43. The number of fused-ring (bicyclic) bond motifs is 1. The molecule has 1 fully saturated rings. The maximum atomic E-state index is 13.1. The van der Waals surface area contributed by atoms with Crippen LogP contribution in [0.2, 0.25) is 0 Å². The monoisotopic (exact) mass is 457 g/mol. The van der Waals surface area contributed by atoms with Crippen LogP contribution in [0.3, 0.4) is 0 Å². The fraction of sp³-hybridized carbons (Fsp3) is 0.409. The Morgan fingerprint density at radius 3 is 2.59 bits per heavy atom. The molecule has 0 aliphatic carbocycles. The minimum absolute atomic E-state index is 0.0700. The predicted octanol–water partition coefficient (Wildman–Crippen LogP) is 2.23. The molecule has 0 amide bonds. The van der Waals surface area contributed by atoms with Crippen molar-refractivity contribution >= 4 is 27.0 Å². The number of sulfonamides is 1. The molecule has 1 N–H and O–H groups in total. The lowest BCUT2D eigenvalue weighted by atomic mass is 10.1. The van der Waals surface area contributed by atoms with Gasteiger partial charge in [0.2, 0.25) is 16.0 Å². The number of benzene rings is 1. The van der Waals surface area contributed by atoms with E-state index in [1.165, 1.54) is 8.87 Å². The van der Waals surface area contributed by atoms with Crippen LogP contribution < -0.4 is 15.6 Å². The Morgan fingerprint density at radius 1 is 1.19 bits per heavy atom. The van der Waals surface area contributed by atoms with Crippen LogP contribution in [0.25, 0.3) is 22.2 Å². The first-order valence-electron chi connectivity index (χ1n) is 10.6. The number of aryl methyl sites for hydroxylation is 1. The number of nitrogens with one attached hydrogen (secondary N) is 1. The van der Waals surface area contributed by atoms with E-state index in [2.05, 4.69) is 15.3 Å². The maximum absolute atomic E-state index is 13.1. The molecule has 4 rings (SSSR count). The van der Waals surface area contributed by atoms with Gasteiger partial charge in [-0.15, -0.1) is 0 Å². The molecule has 0 saturated carbocycles. The highest BCUT2D eigenvalue weighted by Crippen LogP contribution is 2.29. The number of aromatic nitrogens is 3. The van der Waals surface area contributed by atoms with E-state index in [4.69, 9.17) is 4.74 Å². The van der Waals surface area contributed by atoms with E-state index in [-0.39, 0.29) is 17.4 Å². The third-order valence-electron chi connectivity index (χ3n) is 5.89. The van der Waals surface area contributed by atoms with E-state index in [0.717, 1.165) is 5.39 Å². The van der Waals surface area contributed by atoms with Gasteiger partial charge in [-0.25, -0.2) is 17.7 Å². The Balaban J connectivity index is 1.59. The SMILES string of the molecule is CCS(=O)(=O)N1CCC(Nc2ncc3cc(-c4ccccc4OC)c(=O)n(C)c3n2)CC1. The molecule has 1 saturated heterocycles. The highest BCUT2D eigenvalue weighted by atomic mass is 32.2. The smallest absolute Gasteiger partial charge is 0.259 e. The molecule has 32 heavy (non-hydrogen) atoms. The number of hydrogen-bond acceptors (Lipinski definition) is 7. The average Bonchev–Trinajstić information content (AvgIpc) is 2.82. The number of para-hydroxylation sites is 1. The number of ether oxygens (including phenoxy) is 1. The first-order chi connectivity index (χ1) is 15.3. The average molecular weight is 458 g/mol. The van der Waals surface area contributed by atoms with Crippen LogP contribution in [0, 0.1) is 0 Å². The van der Waals surface area contributed by atoms with E-state index in [1.807, 2.05) is 24.3 Å². The molecular weight excluding hydrogens is 430 g/mol. The summed E-state index contributed by atoms with van der Waals surface area (Å²) in [7, 11) is 0.104. The second-order valence-electron chi connectivity index (χ2n) is 7.81. The number of rotatable bonds is 6. The van der Waals surface area contributed by atoms with Crippen molar-refractivity contribution in [2.24, 2.45) is 7.05 Å². The summed E-state index contributed by atoms with van der Waals surface area (Å²) in [6.07, 6.45) is 3.04. The van der Waals surface area contributed by atoms with Crippen LogP contribution in [0.4, 0.5) is 5.95 Å². The van der Waals surface area contributed by atoms with Crippen molar-refractivity contribution in [2.45, 2.75) is 25.8 Å². The number of nitrogens with zero attached hydrogens (tertiary/aromatic N) is 4. The van der Waals surface area contributed by atoms with Crippen LogP contribution in [0.1, 0.15) is 19.8 Å². The van der Waals surface area contributed by atoms with Gasteiger partial charge in [0.25, 0.3) is 5.56 Å². The number of hydrogen-bond donors (Lipinski definition) is 1. The summed E-state index contributed by atoms with van der Waals surface area (Å²) >= 11 is 0. The lowest BCUT2D eigenvalue weighted by Gasteiger charge is -2.31. The maximum Gasteiger partial charge on any atom is 0.259 e. The van der Waals surface area contributed by atoms with Crippen molar-refractivity contribution in [2.75, 3.05) is 31.3 Å². The standard InChI is InChI=1S/C22H27N5O4S/c1-4-32(29,30)27-11-9-16(10-12-27)24-22-23-14-15-13-18(21(28)26(2)20(15)25-22)17-7-5-6-8-19(17)31-3/h5-8,13-14,16H,4,9-12H2,1-3H3,(H,23,24,25). The number of pyridine rings is 1. The number of methoxy groups -OCH3 is 1. The molecule has 0 spiro atoms. The van der Waals surface area contributed by atoms with Gasteiger partial charge in [0.05, 0.1) is 18.4 Å². The van der Waals surface area contributed by atoms with E-state index in [9.17, 15) is 13.2 Å². The van der Waals surface area contributed by atoms with Crippen LogP contribution in [-0.4, -0.2) is 59.3 Å². The van der Waals surface area contributed by atoms with Gasteiger partial charge in [0, 0.05) is 43.3 Å². The summed E-state index contributed by atoms with van der Waals surface area (Å²) in [5.74, 6) is 1.16. The predicted molar refractivity (Wildman–Crippen MR) is 124 cm³/mol. The molecule has 3 aromatic rings. The van der Waals surface area contributed by atoms with Gasteiger partial charge < -0.3 is 10.1 Å². The Kier molecular flexibility index (Phi) is 6.16. The normalized spacial score (nSPS) is 15.7. The Hall–Kier alpha value is -2.98. The molecule has 170 valence electrons. The molecule has 0 bridgehead atoms. The first-order valence-corrected chi connectivity index (χ1v) is 12.2. The van der Waals surface area contributed by atoms with Gasteiger partial charge in [-0.2, -0.15) is 4.98 Å². The largest absolute Gasteiger partial charge is 0.496 e. The molecule has 9 nitrogen and oxygen atoms in total. The van der Waals surface area contributed by atoms with Crippen molar-refractivity contribution in [3.8, 4) is 16.9 Å². The van der Waals surface area contributed by atoms with Crippen molar-refractivity contribution in [1.82, 2.24) is 18.8 Å². The molecule has 0 unspecified atom stereocenters. The topological polar surface area (TPSA) is 106 Å². The van der Waals surface area contributed by atoms with Gasteiger partial charge in [-0.1, -0.05) is 18.2 Å². The third kappa shape index (κ3) is 4.20. The fourth-order valence-electron chi connectivity index (χ4n) is 4.02. The zero-order valence-electron chi connectivity index (χ0n) is 18.4. The number of piperidine rings is 1. The van der Waals surface area contributed by atoms with Crippen molar-refractivity contribution in [1.29, 1.82) is 0 Å². The second-order valence-corrected chi connectivity index (χ2v) is 10.1. The van der Waals surface area contributed by atoms with E-state index >= 15 is 0 Å². The molecule has 10 heteroatoms. The van der Waals surface area contributed by atoms with Crippen molar-refractivity contribution < 1.29 is 13.2 Å². The first kappa shape index (κ1) is 22.2. The molecule has 2 aromatic heterocycles. The van der Waals surface area contributed by atoms with Crippen LogP contribution in [0.5, 0.6) is 5.75 Å². The summed E-state index contributed by atoms with van der Waals surface area (Å²) in [5.41, 5.74) is 1.58.